The summed E-state index contributed by atoms with van der Waals surface area (Å²) >= 11 is 1.17. The summed E-state index contributed by atoms with van der Waals surface area (Å²) in [6.07, 6.45) is 3.11. The molecule has 35 heavy (non-hydrogen) atoms. The van der Waals surface area contributed by atoms with Gasteiger partial charge in [-0.3, -0.25) is 14.8 Å². The maximum absolute atomic E-state index is 13.2. The standard InChI is InChI=1S/C22H21N7O4S2/c1-29-11-10-14(27-29)12-33-28-19(13-2-4-15(5-3-13)35(31,32)16-6-7-16)20(30)26-22-24-17-8-9-18(23)25-21(17)34-22/h2-5,8-11,16H,6-7,12H2,1H3,(H2,23,25)(H,24,26,30). The normalized spacial score (nSPS) is 14.3. The van der Waals surface area contributed by atoms with E-state index in [-0.39, 0.29) is 22.5 Å². The highest BCUT2D eigenvalue weighted by Crippen LogP contribution is 2.33. The summed E-state index contributed by atoms with van der Waals surface area (Å²) in [5.41, 5.74) is 7.31. The first kappa shape index (κ1) is 22.9. The Kier molecular flexibility index (Phi) is 5.94. The Balaban J connectivity index is 1.41. The van der Waals surface area contributed by atoms with Gasteiger partial charge in [0.25, 0.3) is 5.91 Å². The summed E-state index contributed by atoms with van der Waals surface area (Å²) in [4.78, 5) is 27.9. The van der Waals surface area contributed by atoms with E-state index < -0.39 is 15.7 Å². The van der Waals surface area contributed by atoms with Gasteiger partial charge < -0.3 is 10.6 Å². The molecule has 0 unspecified atom stereocenters. The molecule has 0 aliphatic heterocycles. The smallest absolute Gasteiger partial charge is 0.280 e. The number of fused-ring (bicyclic) bond motifs is 1. The minimum absolute atomic E-state index is 0.0389. The number of pyridine rings is 1. The molecule has 3 N–H and O–H groups in total. The number of nitrogen functional groups attached to an aromatic ring is 1. The van der Waals surface area contributed by atoms with Crippen LogP contribution in [0.1, 0.15) is 24.1 Å². The van der Waals surface area contributed by atoms with Crippen molar-refractivity contribution >= 4 is 54.1 Å². The predicted octanol–water partition coefficient (Wildman–Crippen LogP) is 2.50. The number of aryl methyl sites for hydroxylation is 1. The van der Waals surface area contributed by atoms with Gasteiger partial charge in [0.15, 0.2) is 27.3 Å². The molecule has 5 rings (SSSR count). The second-order valence-corrected chi connectivity index (χ2v) is 11.2. The second-order valence-electron chi connectivity index (χ2n) is 8.00. The summed E-state index contributed by atoms with van der Waals surface area (Å²) in [6, 6.07) is 11.2. The number of nitrogens with zero attached hydrogens (tertiary/aromatic N) is 5. The van der Waals surface area contributed by atoms with E-state index in [1.807, 2.05) is 0 Å². The van der Waals surface area contributed by atoms with Gasteiger partial charge in [-0.15, -0.1) is 0 Å². The SMILES string of the molecule is Cn1ccc(CON=C(C(=O)Nc2nc3ccc(N)nc3s2)c2ccc(S(=O)(=O)C3CC3)cc2)n1. The molecule has 180 valence electrons. The van der Waals surface area contributed by atoms with Crippen LogP contribution in [-0.4, -0.2) is 45.0 Å². The van der Waals surface area contributed by atoms with Crippen LogP contribution >= 0.6 is 11.3 Å². The van der Waals surface area contributed by atoms with Crippen LogP contribution in [0.4, 0.5) is 10.9 Å². The summed E-state index contributed by atoms with van der Waals surface area (Å²) in [5.74, 6) is -0.221. The average Bonchev–Trinajstić information content (AvgIpc) is 3.51. The van der Waals surface area contributed by atoms with Crippen LogP contribution in [0.2, 0.25) is 0 Å². The van der Waals surface area contributed by atoms with Crippen molar-refractivity contribution in [2.24, 2.45) is 12.2 Å². The Bertz CT molecular complexity index is 1540. The molecule has 0 bridgehead atoms. The highest BCUT2D eigenvalue weighted by molar-refractivity contribution is 7.92. The van der Waals surface area contributed by atoms with Crippen molar-refractivity contribution in [1.29, 1.82) is 0 Å². The van der Waals surface area contributed by atoms with Crippen LogP contribution in [0.25, 0.3) is 10.3 Å². The number of oxime groups is 1. The lowest BCUT2D eigenvalue weighted by Crippen LogP contribution is -2.24. The fourth-order valence-electron chi connectivity index (χ4n) is 3.34. The van der Waals surface area contributed by atoms with E-state index in [2.05, 4.69) is 25.5 Å². The topological polar surface area (TPSA) is 154 Å². The third kappa shape index (κ3) is 5.00. The van der Waals surface area contributed by atoms with Gasteiger partial charge in [-0.1, -0.05) is 28.6 Å². The van der Waals surface area contributed by atoms with Gasteiger partial charge >= 0.3 is 0 Å². The number of carbonyl (C=O) groups excluding carboxylic acids is 1. The van der Waals surface area contributed by atoms with Crippen LogP contribution in [0.3, 0.4) is 0 Å². The van der Waals surface area contributed by atoms with Crippen LogP contribution in [0.15, 0.2) is 58.7 Å². The molecular formula is C22H21N7O4S2. The van der Waals surface area contributed by atoms with E-state index in [9.17, 15) is 13.2 Å². The van der Waals surface area contributed by atoms with E-state index in [0.29, 0.717) is 45.4 Å². The fourth-order valence-corrected chi connectivity index (χ4v) is 5.84. The molecule has 0 atom stereocenters. The van der Waals surface area contributed by atoms with E-state index in [0.717, 1.165) is 0 Å². The minimum Gasteiger partial charge on any atom is -0.389 e. The number of benzene rings is 1. The van der Waals surface area contributed by atoms with Crippen molar-refractivity contribution in [3.8, 4) is 0 Å². The molecule has 0 spiro atoms. The molecule has 11 nitrogen and oxygen atoms in total. The molecule has 3 heterocycles. The van der Waals surface area contributed by atoms with Crippen molar-refractivity contribution in [3.05, 3.63) is 59.9 Å². The van der Waals surface area contributed by atoms with E-state index in [1.54, 1.807) is 48.3 Å². The third-order valence-electron chi connectivity index (χ3n) is 5.27. The quantitative estimate of drug-likeness (QED) is 0.270. The van der Waals surface area contributed by atoms with Crippen molar-refractivity contribution < 1.29 is 18.0 Å². The summed E-state index contributed by atoms with van der Waals surface area (Å²) in [6.45, 7) is 0.0517. The number of sulfone groups is 1. The van der Waals surface area contributed by atoms with Crippen molar-refractivity contribution in [2.75, 3.05) is 11.1 Å². The number of carbonyl (C=O) groups is 1. The van der Waals surface area contributed by atoms with Crippen LogP contribution in [0, 0.1) is 0 Å². The zero-order valence-corrected chi connectivity index (χ0v) is 20.2. The van der Waals surface area contributed by atoms with E-state index in [1.165, 1.54) is 23.5 Å². The number of nitrogens with two attached hydrogens (primary N) is 1. The number of nitrogens with one attached hydrogen (secondary N) is 1. The molecule has 13 heteroatoms. The molecule has 1 saturated carbocycles. The highest BCUT2D eigenvalue weighted by atomic mass is 32.2. The van der Waals surface area contributed by atoms with Crippen molar-refractivity contribution in [3.63, 3.8) is 0 Å². The van der Waals surface area contributed by atoms with Gasteiger partial charge in [0.1, 0.15) is 21.9 Å². The number of aromatic nitrogens is 4. The number of rotatable bonds is 8. The molecular weight excluding hydrogens is 490 g/mol. The first-order valence-electron chi connectivity index (χ1n) is 10.7. The van der Waals surface area contributed by atoms with Crippen molar-refractivity contribution in [2.45, 2.75) is 29.6 Å². The van der Waals surface area contributed by atoms with Gasteiger partial charge in [0.05, 0.1) is 10.1 Å². The molecule has 1 aliphatic carbocycles. The lowest BCUT2D eigenvalue weighted by molar-refractivity contribution is -0.110. The van der Waals surface area contributed by atoms with Gasteiger partial charge in [-0.2, -0.15) is 5.10 Å². The van der Waals surface area contributed by atoms with Gasteiger partial charge in [-0.05, 0) is 43.2 Å². The van der Waals surface area contributed by atoms with E-state index in [4.69, 9.17) is 10.6 Å². The number of hydrogen-bond acceptors (Lipinski definition) is 10. The Labute approximate surface area is 204 Å². The molecule has 4 aromatic rings. The lowest BCUT2D eigenvalue weighted by atomic mass is 10.1. The van der Waals surface area contributed by atoms with Gasteiger partial charge in [0, 0.05) is 18.8 Å². The Morgan fingerprint density at radius 3 is 2.66 bits per heavy atom. The number of anilines is 2. The molecule has 1 aliphatic rings. The first-order valence-corrected chi connectivity index (χ1v) is 13.0. The Hall–Kier alpha value is -3.84. The van der Waals surface area contributed by atoms with Crippen LogP contribution in [0.5, 0.6) is 0 Å². The average molecular weight is 512 g/mol. The Morgan fingerprint density at radius 2 is 1.97 bits per heavy atom. The molecule has 1 aromatic carbocycles. The van der Waals surface area contributed by atoms with Crippen LogP contribution < -0.4 is 11.1 Å². The summed E-state index contributed by atoms with van der Waals surface area (Å²) < 4.78 is 26.7. The minimum atomic E-state index is -3.35. The fraction of sp³-hybridized carbons (Fsp3) is 0.227. The number of amides is 1. The second kappa shape index (κ2) is 9.07. The molecule has 0 radical (unpaired) electrons. The third-order valence-corrected chi connectivity index (χ3v) is 8.43. The maximum Gasteiger partial charge on any atom is 0.280 e. The van der Waals surface area contributed by atoms with Gasteiger partial charge in [0.2, 0.25) is 0 Å². The first-order chi connectivity index (χ1) is 16.8. The molecule has 1 fully saturated rings. The highest BCUT2D eigenvalue weighted by Gasteiger charge is 2.36. The lowest BCUT2D eigenvalue weighted by Gasteiger charge is -2.08. The largest absolute Gasteiger partial charge is 0.389 e. The summed E-state index contributed by atoms with van der Waals surface area (Å²) in [5, 5.41) is 11.0. The maximum atomic E-state index is 13.2. The van der Waals surface area contributed by atoms with Crippen molar-refractivity contribution in [1.82, 2.24) is 19.7 Å². The zero-order valence-electron chi connectivity index (χ0n) is 18.6. The van der Waals surface area contributed by atoms with E-state index >= 15 is 0 Å². The zero-order chi connectivity index (χ0) is 24.6. The number of thiazole rings is 1. The molecule has 3 aromatic heterocycles. The summed E-state index contributed by atoms with van der Waals surface area (Å²) in [7, 11) is -1.57. The van der Waals surface area contributed by atoms with Gasteiger partial charge in [-0.25, -0.2) is 18.4 Å². The number of hydrogen-bond donors (Lipinski definition) is 2. The monoisotopic (exact) mass is 511 g/mol. The molecule has 0 saturated heterocycles. The predicted molar refractivity (Wildman–Crippen MR) is 132 cm³/mol. The Morgan fingerprint density at radius 1 is 1.20 bits per heavy atom. The molecule has 1 amide bonds. The van der Waals surface area contributed by atoms with Crippen LogP contribution in [-0.2, 0) is 33.1 Å².